The van der Waals surface area contributed by atoms with Gasteiger partial charge in [0.25, 0.3) is 0 Å². The topological polar surface area (TPSA) is 47.1 Å². The Labute approximate surface area is 308 Å². The average Bonchev–Trinajstić information content (AvgIpc) is 3.05. The number of amides is 2. The number of carbonyl (C=O) groups is 2. The van der Waals surface area contributed by atoms with Gasteiger partial charge < -0.3 is 9.80 Å². The molecule has 8 heteroatoms. The van der Waals surface area contributed by atoms with Crippen molar-refractivity contribution in [2.75, 3.05) is 65.4 Å². The second-order valence-corrected chi connectivity index (χ2v) is 14.9. The molecule has 2 heterocycles. The number of hydrogen-bond donors (Lipinski definition) is 0. The number of carbonyl (C=O) groups excluding carboxylic acids is 2. The highest BCUT2D eigenvalue weighted by Crippen LogP contribution is 2.23. The van der Waals surface area contributed by atoms with Crippen LogP contribution in [0.25, 0.3) is 12.2 Å². The molecule has 2 aliphatic heterocycles. The molecule has 0 N–H and O–H groups in total. The van der Waals surface area contributed by atoms with E-state index in [0.717, 1.165) is 83.0 Å². The summed E-state index contributed by atoms with van der Waals surface area (Å²) >= 11 is 0. The monoisotopic (exact) mass is 708 g/mol. The molecule has 2 saturated heterocycles. The number of halogens is 2. The molecule has 0 aromatic heterocycles. The summed E-state index contributed by atoms with van der Waals surface area (Å²) < 4.78 is 0. The molecule has 2 fully saturated rings. The second kappa shape index (κ2) is 19.9. The zero-order chi connectivity index (χ0) is 33.9. The SMILES string of the molecule is CC(C)(C)c1ccc(/C=C/C=C/C(=O)N2CCN(CCCN3CCN(C(=O)/C=C/C=C/c4ccc(C(C)(C)C)cc4)CC3)CC2)cc1.Cl.Cl. The van der Waals surface area contributed by atoms with E-state index in [4.69, 9.17) is 0 Å². The van der Waals surface area contributed by atoms with Gasteiger partial charge in [-0.3, -0.25) is 19.4 Å². The van der Waals surface area contributed by atoms with Crippen molar-refractivity contribution in [3.8, 4) is 0 Å². The van der Waals surface area contributed by atoms with Crippen LogP contribution in [0.15, 0.2) is 85.0 Å². The van der Waals surface area contributed by atoms with Crippen LogP contribution in [-0.4, -0.2) is 96.9 Å². The minimum absolute atomic E-state index is 0. The lowest BCUT2D eigenvalue weighted by atomic mass is 9.87. The standard InChI is InChI=1S/C41H56N4O2.2ClH/c1-40(2,3)36-20-16-34(17-21-36)12-7-9-14-38(46)44-30-26-42(27-31-44)24-11-25-43-28-32-45(33-29-43)39(47)15-10-8-13-35-18-22-37(23-19-35)41(4,5)6;;/h7-10,12-23H,11,24-33H2,1-6H3;2*1H/b12-7+,13-8+,14-9+,15-10+;;. The van der Waals surface area contributed by atoms with Crippen molar-refractivity contribution in [3.63, 3.8) is 0 Å². The van der Waals surface area contributed by atoms with Crippen molar-refractivity contribution in [1.82, 2.24) is 19.6 Å². The summed E-state index contributed by atoms with van der Waals surface area (Å²) in [6, 6.07) is 17.2. The van der Waals surface area contributed by atoms with Crippen LogP contribution in [0.2, 0.25) is 0 Å². The summed E-state index contributed by atoms with van der Waals surface area (Å²) in [7, 11) is 0. The summed E-state index contributed by atoms with van der Waals surface area (Å²) in [5.41, 5.74) is 5.20. The van der Waals surface area contributed by atoms with Crippen LogP contribution >= 0.6 is 24.8 Å². The number of rotatable bonds is 10. The molecular formula is C41H58Cl2N4O2. The van der Waals surface area contributed by atoms with Crippen molar-refractivity contribution < 1.29 is 9.59 Å². The van der Waals surface area contributed by atoms with E-state index in [1.54, 1.807) is 12.2 Å². The van der Waals surface area contributed by atoms with Gasteiger partial charge in [0, 0.05) is 64.5 Å². The summed E-state index contributed by atoms with van der Waals surface area (Å²) in [4.78, 5) is 34.2. The van der Waals surface area contributed by atoms with Crippen LogP contribution < -0.4 is 0 Å². The summed E-state index contributed by atoms with van der Waals surface area (Å²) in [5, 5.41) is 0. The lowest BCUT2D eigenvalue weighted by Crippen LogP contribution is -2.50. The maximum atomic E-state index is 12.7. The molecule has 268 valence electrons. The molecule has 0 aliphatic carbocycles. The highest BCUT2D eigenvalue weighted by atomic mass is 35.5. The Bertz CT molecular complexity index is 1310. The summed E-state index contributed by atoms with van der Waals surface area (Å²) in [6.45, 7) is 22.1. The number of nitrogens with zero attached hydrogens (tertiary/aromatic N) is 4. The van der Waals surface area contributed by atoms with Gasteiger partial charge in [-0.05, 0) is 52.6 Å². The molecule has 2 aliphatic rings. The van der Waals surface area contributed by atoms with Gasteiger partial charge >= 0.3 is 0 Å². The Balaban J connectivity index is 0.00000417. The Morgan fingerprint density at radius 3 is 1.16 bits per heavy atom. The first-order valence-electron chi connectivity index (χ1n) is 17.3. The second-order valence-electron chi connectivity index (χ2n) is 14.9. The number of allylic oxidation sites excluding steroid dienone is 4. The van der Waals surface area contributed by atoms with E-state index >= 15 is 0 Å². The third-order valence-corrected chi connectivity index (χ3v) is 9.15. The average molecular weight is 710 g/mol. The first-order valence-corrected chi connectivity index (χ1v) is 17.3. The maximum Gasteiger partial charge on any atom is 0.246 e. The molecule has 6 nitrogen and oxygen atoms in total. The number of piperazine rings is 2. The van der Waals surface area contributed by atoms with Crippen LogP contribution in [0.4, 0.5) is 0 Å². The summed E-state index contributed by atoms with van der Waals surface area (Å²) in [5.74, 6) is 0.170. The largest absolute Gasteiger partial charge is 0.337 e. The predicted octanol–water partition coefficient (Wildman–Crippen LogP) is 7.64. The minimum atomic E-state index is 0. The van der Waals surface area contributed by atoms with Gasteiger partial charge in [0.15, 0.2) is 0 Å². The van der Waals surface area contributed by atoms with Gasteiger partial charge in [0.2, 0.25) is 11.8 Å². The first-order chi connectivity index (χ1) is 22.4. The molecule has 2 aromatic rings. The van der Waals surface area contributed by atoms with Gasteiger partial charge in [-0.1, -0.05) is 127 Å². The van der Waals surface area contributed by atoms with E-state index in [2.05, 4.69) is 99.9 Å². The van der Waals surface area contributed by atoms with E-state index in [1.807, 2.05) is 46.3 Å². The third kappa shape index (κ3) is 13.9. The molecule has 0 radical (unpaired) electrons. The molecule has 0 atom stereocenters. The van der Waals surface area contributed by atoms with E-state index in [-0.39, 0.29) is 47.5 Å². The van der Waals surface area contributed by atoms with Crippen LogP contribution in [0.3, 0.4) is 0 Å². The van der Waals surface area contributed by atoms with Crippen LogP contribution in [0.1, 0.15) is 70.2 Å². The van der Waals surface area contributed by atoms with E-state index in [9.17, 15) is 9.59 Å². The van der Waals surface area contributed by atoms with Crippen molar-refractivity contribution in [2.45, 2.75) is 58.8 Å². The zero-order valence-corrected chi connectivity index (χ0v) is 32.1. The van der Waals surface area contributed by atoms with Crippen molar-refractivity contribution >= 4 is 48.8 Å². The van der Waals surface area contributed by atoms with E-state index in [0.29, 0.717) is 0 Å². The third-order valence-electron chi connectivity index (χ3n) is 9.15. The molecular weight excluding hydrogens is 651 g/mol. The molecule has 0 unspecified atom stereocenters. The maximum absolute atomic E-state index is 12.7. The van der Waals surface area contributed by atoms with E-state index in [1.165, 1.54) is 11.1 Å². The molecule has 49 heavy (non-hydrogen) atoms. The van der Waals surface area contributed by atoms with E-state index < -0.39 is 0 Å². The Hall–Kier alpha value is -3.16. The quantitative estimate of drug-likeness (QED) is 0.188. The van der Waals surface area contributed by atoms with Crippen molar-refractivity contribution in [1.29, 1.82) is 0 Å². The van der Waals surface area contributed by atoms with Gasteiger partial charge in [-0.25, -0.2) is 0 Å². The number of benzene rings is 2. The fourth-order valence-corrected chi connectivity index (χ4v) is 5.91. The van der Waals surface area contributed by atoms with Crippen LogP contribution in [0, 0.1) is 0 Å². The predicted molar refractivity (Wildman–Crippen MR) is 212 cm³/mol. The highest BCUT2D eigenvalue weighted by Gasteiger charge is 2.21. The normalized spacial score (nSPS) is 16.9. The molecule has 2 aromatic carbocycles. The van der Waals surface area contributed by atoms with Crippen LogP contribution in [-0.2, 0) is 20.4 Å². The molecule has 4 rings (SSSR count). The molecule has 0 bridgehead atoms. The van der Waals surface area contributed by atoms with Gasteiger partial charge in [0.1, 0.15) is 0 Å². The first kappa shape index (κ1) is 42.0. The van der Waals surface area contributed by atoms with Gasteiger partial charge in [-0.15, -0.1) is 24.8 Å². The molecule has 0 spiro atoms. The summed E-state index contributed by atoms with van der Waals surface area (Å²) in [6.07, 6.45) is 16.1. The Morgan fingerprint density at radius 1 is 0.531 bits per heavy atom. The van der Waals surface area contributed by atoms with Gasteiger partial charge in [0.05, 0.1) is 0 Å². The minimum Gasteiger partial charge on any atom is -0.337 e. The smallest absolute Gasteiger partial charge is 0.246 e. The Morgan fingerprint density at radius 2 is 0.857 bits per heavy atom. The van der Waals surface area contributed by atoms with Crippen LogP contribution in [0.5, 0.6) is 0 Å². The lowest BCUT2D eigenvalue weighted by Gasteiger charge is -2.36. The molecule has 2 amide bonds. The molecule has 0 saturated carbocycles. The fraction of sp³-hybridized carbons (Fsp3) is 0.463. The number of hydrogen-bond acceptors (Lipinski definition) is 4. The fourth-order valence-electron chi connectivity index (χ4n) is 5.91. The van der Waals surface area contributed by atoms with Gasteiger partial charge in [-0.2, -0.15) is 0 Å². The Kier molecular flexibility index (Phi) is 17.0. The lowest BCUT2D eigenvalue weighted by molar-refractivity contribution is -0.128. The van der Waals surface area contributed by atoms with Crippen molar-refractivity contribution in [2.24, 2.45) is 0 Å². The zero-order valence-electron chi connectivity index (χ0n) is 30.4. The van der Waals surface area contributed by atoms with Crippen molar-refractivity contribution in [3.05, 3.63) is 107 Å². The highest BCUT2D eigenvalue weighted by molar-refractivity contribution is 5.88.